The maximum absolute atomic E-state index is 5.31. The van der Waals surface area contributed by atoms with Crippen molar-refractivity contribution in [2.45, 2.75) is 13.0 Å². The van der Waals surface area contributed by atoms with Crippen LogP contribution < -0.4 is 0 Å². The number of hydrogen-bond donors (Lipinski definition) is 0. The van der Waals surface area contributed by atoms with Crippen LogP contribution in [0.25, 0.3) is 0 Å². The highest BCUT2D eigenvalue weighted by Gasteiger charge is 2.11. The van der Waals surface area contributed by atoms with E-state index < -0.39 is 0 Å². The minimum absolute atomic E-state index is 0.439. The molecule has 1 rings (SSSR count). The maximum atomic E-state index is 5.31. The Labute approximate surface area is 50.4 Å². The van der Waals surface area contributed by atoms with Gasteiger partial charge >= 0.3 is 0 Å². The number of morpholine rings is 1. The van der Waals surface area contributed by atoms with Gasteiger partial charge in [-0.3, -0.25) is 0 Å². The second-order valence-electron chi connectivity index (χ2n) is 2.44. The Morgan fingerprint density at radius 2 is 2.38 bits per heavy atom. The lowest BCUT2D eigenvalue weighted by molar-refractivity contribution is -0.00861. The number of nitrogens with zero attached hydrogens (tertiary/aromatic N) is 1. The zero-order chi connectivity index (χ0) is 5.98. The number of ether oxygens (including phenoxy) is 1. The highest BCUT2D eigenvalue weighted by Crippen LogP contribution is 1.99. The molecule has 0 spiro atoms. The van der Waals surface area contributed by atoms with Crippen molar-refractivity contribution in [3.8, 4) is 0 Å². The molecule has 2 nitrogen and oxygen atoms in total. The Morgan fingerprint density at radius 3 is 2.75 bits per heavy atom. The lowest BCUT2D eigenvalue weighted by Crippen LogP contribution is -2.38. The first kappa shape index (κ1) is 6.05. The zero-order valence-corrected chi connectivity index (χ0v) is 5.55. The Bertz CT molecular complexity index is 66.9. The van der Waals surface area contributed by atoms with Gasteiger partial charge in [-0.15, -0.1) is 0 Å². The molecule has 0 N–H and O–H groups in total. The first-order valence-electron chi connectivity index (χ1n) is 3.09. The molecule has 0 aromatic heterocycles. The second-order valence-corrected chi connectivity index (χ2v) is 2.44. The van der Waals surface area contributed by atoms with Crippen molar-refractivity contribution in [3.05, 3.63) is 0 Å². The molecule has 1 unspecified atom stereocenters. The Balaban J connectivity index is 2.23. The summed E-state index contributed by atoms with van der Waals surface area (Å²) in [4.78, 5) is 2.29. The number of likely N-dealkylation sites (N-methyl/N-ethyl adjacent to an activating group) is 1. The van der Waals surface area contributed by atoms with Crippen molar-refractivity contribution in [1.82, 2.24) is 4.90 Å². The molecule has 0 bridgehead atoms. The summed E-state index contributed by atoms with van der Waals surface area (Å²) in [5, 5.41) is 0. The zero-order valence-electron chi connectivity index (χ0n) is 5.55. The normalized spacial score (nSPS) is 33.0. The van der Waals surface area contributed by atoms with Gasteiger partial charge in [-0.1, -0.05) is 0 Å². The summed E-state index contributed by atoms with van der Waals surface area (Å²) in [6.07, 6.45) is 0.439. The van der Waals surface area contributed by atoms with Crippen LogP contribution in [0.5, 0.6) is 0 Å². The quantitative estimate of drug-likeness (QED) is 0.451. The summed E-state index contributed by atoms with van der Waals surface area (Å²) < 4.78 is 5.31. The molecule has 0 aromatic carbocycles. The summed E-state index contributed by atoms with van der Waals surface area (Å²) in [5.41, 5.74) is 0. The van der Waals surface area contributed by atoms with Crippen molar-refractivity contribution >= 4 is 0 Å². The van der Waals surface area contributed by atoms with E-state index in [2.05, 4.69) is 18.9 Å². The molecule has 1 aliphatic heterocycles. The van der Waals surface area contributed by atoms with Gasteiger partial charge in [-0.05, 0) is 14.0 Å². The summed E-state index contributed by atoms with van der Waals surface area (Å²) in [6, 6.07) is 0. The molecule has 0 aliphatic carbocycles. The molecule has 8 heavy (non-hydrogen) atoms. The van der Waals surface area contributed by atoms with Gasteiger partial charge in [0.25, 0.3) is 0 Å². The van der Waals surface area contributed by atoms with E-state index in [1.807, 2.05) is 0 Å². The van der Waals surface area contributed by atoms with Crippen LogP contribution in [0, 0.1) is 0 Å². The molecule has 2 heteroatoms. The van der Waals surface area contributed by atoms with Crippen LogP contribution in [0.3, 0.4) is 0 Å². The largest absolute Gasteiger partial charge is 0.376 e. The van der Waals surface area contributed by atoms with Gasteiger partial charge in [0.1, 0.15) is 0 Å². The second kappa shape index (κ2) is 2.46. The SMILES string of the molecule is CC1CN(C)CCO1. The van der Waals surface area contributed by atoms with Crippen molar-refractivity contribution in [1.29, 1.82) is 0 Å². The summed E-state index contributed by atoms with van der Waals surface area (Å²) in [6.45, 7) is 5.18. The molecule has 1 fully saturated rings. The van der Waals surface area contributed by atoms with Crippen molar-refractivity contribution < 1.29 is 4.74 Å². The van der Waals surface area contributed by atoms with Gasteiger partial charge < -0.3 is 9.64 Å². The lowest BCUT2D eigenvalue weighted by Gasteiger charge is -2.27. The Morgan fingerprint density at radius 1 is 1.62 bits per heavy atom. The standard InChI is InChI=1S/C6H13NO/c1-6-5-7(2)3-4-8-6/h6H,3-5H2,1-2H3. The third kappa shape index (κ3) is 1.46. The van der Waals surface area contributed by atoms with Crippen LogP contribution in [0.1, 0.15) is 6.92 Å². The van der Waals surface area contributed by atoms with Crippen molar-refractivity contribution in [3.63, 3.8) is 0 Å². The van der Waals surface area contributed by atoms with E-state index >= 15 is 0 Å². The smallest absolute Gasteiger partial charge is 0.0674 e. The lowest BCUT2D eigenvalue weighted by atomic mass is 10.3. The predicted octanol–water partition coefficient (Wildman–Crippen LogP) is 0.337. The number of rotatable bonds is 0. The maximum Gasteiger partial charge on any atom is 0.0674 e. The van der Waals surface area contributed by atoms with E-state index in [1.54, 1.807) is 0 Å². The van der Waals surface area contributed by atoms with Crippen LogP contribution in [-0.4, -0.2) is 37.7 Å². The minimum Gasteiger partial charge on any atom is -0.376 e. The summed E-state index contributed by atoms with van der Waals surface area (Å²) in [5.74, 6) is 0. The molecule has 0 aromatic rings. The van der Waals surface area contributed by atoms with E-state index in [1.165, 1.54) is 0 Å². The van der Waals surface area contributed by atoms with Crippen molar-refractivity contribution in [2.24, 2.45) is 0 Å². The molecule has 1 saturated heterocycles. The molecular weight excluding hydrogens is 102 g/mol. The fourth-order valence-corrected chi connectivity index (χ4v) is 0.993. The topological polar surface area (TPSA) is 12.5 Å². The predicted molar refractivity (Wildman–Crippen MR) is 32.9 cm³/mol. The van der Waals surface area contributed by atoms with Gasteiger partial charge in [0.2, 0.25) is 0 Å². The van der Waals surface area contributed by atoms with Crippen LogP contribution in [0.2, 0.25) is 0 Å². The van der Waals surface area contributed by atoms with Crippen LogP contribution in [-0.2, 0) is 4.74 Å². The van der Waals surface area contributed by atoms with Crippen LogP contribution in [0.15, 0.2) is 0 Å². The molecule has 1 aliphatic rings. The molecular formula is C6H13NO. The minimum atomic E-state index is 0.439. The fraction of sp³-hybridized carbons (Fsp3) is 1.00. The van der Waals surface area contributed by atoms with E-state index in [-0.39, 0.29) is 0 Å². The van der Waals surface area contributed by atoms with Gasteiger partial charge in [0, 0.05) is 13.1 Å². The third-order valence-electron chi connectivity index (χ3n) is 1.44. The first-order chi connectivity index (χ1) is 3.79. The molecule has 48 valence electrons. The van der Waals surface area contributed by atoms with Crippen LogP contribution in [0.4, 0.5) is 0 Å². The molecule has 1 heterocycles. The number of hydrogen-bond acceptors (Lipinski definition) is 2. The molecule has 0 saturated carbocycles. The molecule has 1 atom stereocenters. The average molecular weight is 115 g/mol. The summed E-state index contributed by atoms with van der Waals surface area (Å²) >= 11 is 0. The highest BCUT2D eigenvalue weighted by atomic mass is 16.5. The molecule has 0 amide bonds. The average Bonchev–Trinajstić information content (AvgIpc) is 1.64. The van der Waals surface area contributed by atoms with E-state index in [0.29, 0.717) is 6.10 Å². The van der Waals surface area contributed by atoms with Gasteiger partial charge in [0.15, 0.2) is 0 Å². The fourth-order valence-electron chi connectivity index (χ4n) is 0.993. The van der Waals surface area contributed by atoms with E-state index in [0.717, 1.165) is 19.7 Å². The highest BCUT2D eigenvalue weighted by molar-refractivity contribution is 4.62. The van der Waals surface area contributed by atoms with Gasteiger partial charge in [-0.2, -0.15) is 0 Å². The first-order valence-corrected chi connectivity index (χ1v) is 3.09. The van der Waals surface area contributed by atoms with Gasteiger partial charge in [0.05, 0.1) is 12.7 Å². The van der Waals surface area contributed by atoms with E-state index in [4.69, 9.17) is 4.74 Å². The third-order valence-corrected chi connectivity index (χ3v) is 1.44. The van der Waals surface area contributed by atoms with Crippen molar-refractivity contribution in [2.75, 3.05) is 26.7 Å². The molecule has 0 radical (unpaired) electrons. The van der Waals surface area contributed by atoms with Crippen LogP contribution >= 0.6 is 0 Å². The Hall–Kier alpha value is -0.0800. The van der Waals surface area contributed by atoms with E-state index in [9.17, 15) is 0 Å². The monoisotopic (exact) mass is 115 g/mol. The Kier molecular flexibility index (Phi) is 1.86. The summed E-state index contributed by atoms with van der Waals surface area (Å²) in [7, 11) is 2.12. The van der Waals surface area contributed by atoms with Gasteiger partial charge in [-0.25, -0.2) is 0 Å².